The first-order chi connectivity index (χ1) is 15.0. The lowest BCUT2D eigenvalue weighted by Gasteiger charge is -2.18. The molecule has 2 aromatic carbocycles. The van der Waals surface area contributed by atoms with Gasteiger partial charge in [0.15, 0.2) is 5.65 Å². The number of amides is 1. The van der Waals surface area contributed by atoms with E-state index in [1.54, 1.807) is 48.7 Å². The number of hydrogen-bond acceptors (Lipinski definition) is 5. The van der Waals surface area contributed by atoms with Crippen LogP contribution in [0.5, 0.6) is 0 Å². The number of anilines is 1. The molecule has 0 bridgehead atoms. The zero-order chi connectivity index (χ0) is 21.6. The number of aromatic nitrogens is 3. The first-order valence-electron chi connectivity index (χ1n) is 9.82. The minimum absolute atomic E-state index is 0.222. The zero-order valence-electron chi connectivity index (χ0n) is 16.4. The van der Waals surface area contributed by atoms with E-state index in [0.29, 0.717) is 36.2 Å². The van der Waals surface area contributed by atoms with Crippen LogP contribution >= 0.6 is 0 Å². The van der Waals surface area contributed by atoms with E-state index >= 15 is 0 Å². The fourth-order valence-corrected chi connectivity index (χ4v) is 5.55. The quantitative estimate of drug-likeness (QED) is 0.459. The van der Waals surface area contributed by atoms with Crippen LogP contribution in [-0.2, 0) is 21.4 Å². The summed E-state index contributed by atoms with van der Waals surface area (Å²) >= 11 is 0. The van der Waals surface area contributed by atoms with Gasteiger partial charge in [-0.3, -0.25) is 13.5 Å². The molecule has 1 amide bonds. The SMILES string of the molecule is O=C(CN1c2cccc3cccc(c23)S1(=O)=O)NCCCn1nc2ccccn2c1=O. The number of nitrogens with zero attached hydrogens (tertiary/aromatic N) is 4. The fourth-order valence-electron chi connectivity index (χ4n) is 3.89. The summed E-state index contributed by atoms with van der Waals surface area (Å²) in [4.78, 5) is 25.0. The molecule has 158 valence electrons. The van der Waals surface area contributed by atoms with Gasteiger partial charge in [0, 0.05) is 24.7 Å². The van der Waals surface area contributed by atoms with Crippen molar-refractivity contribution in [1.82, 2.24) is 19.5 Å². The standard InChI is InChI=1S/C21H19N5O4S/c27-19(22-11-5-13-25-21(28)24-12-2-1-10-18(24)23-25)14-26-16-8-3-6-15-7-4-9-17(20(15)16)31(26,29)30/h1-4,6-10,12H,5,11,13-14H2,(H,22,27). The molecule has 0 radical (unpaired) electrons. The average molecular weight is 437 g/mol. The van der Waals surface area contributed by atoms with Gasteiger partial charge in [0.2, 0.25) is 5.91 Å². The number of sulfonamides is 1. The highest BCUT2D eigenvalue weighted by Gasteiger charge is 2.36. The second-order valence-electron chi connectivity index (χ2n) is 7.28. The smallest absolute Gasteiger partial charge is 0.350 e. The molecule has 1 aliphatic heterocycles. The van der Waals surface area contributed by atoms with Crippen molar-refractivity contribution < 1.29 is 13.2 Å². The van der Waals surface area contributed by atoms with Crippen molar-refractivity contribution in [2.24, 2.45) is 0 Å². The lowest BCUT2D eigenvalue weighted by atomic mass is 10.1. The molecule has 0 atom stereocenters. The van der Waals surface area contributed by atoms with E-state index < -0.39 is 15.9 Å². The first kappa shape index (κ1) is 19.3. The van der Waals surface area contributed by atoms with Crippen LogP contribution in [0.4, 0.5) is 5.69 Å². The molecule has 1 N–H and O–H groups in total. The molecule has 0 saturated carbocycles. The Bertz CT molecular complexity index is 1480. The van der Waals surface area contributed by atoms with Crippen LogP contribution in [0.3, 0.4) is 0 Å². The van der Waals surface area contributed by atoms with E-state index in [1.165, 1.54) is 9.08 Å². The number of pyridine rings is 1. The molecule has 0 aliphatic carbocycles. The van der Waals surface area contributed by atoms with Gasteiger partial charge in [0.05, 0.1) is 10.6 Å². The van der Waals surface area contributed by atoms with E-state index in [4.69, 9.17) is 0 Å². The minimum Gasteiger partial charge on any atom is -0.354 e. The van der Waals surface area contributed by atoms with Gasteiger partial charge in [0.25, 0.3) is 10.0 Å². The molecular formula is C21H19N5O4S. The first-order valence-corrected chi connectivity index (χ1v) is 11.3. The summed E-state index contributed by atoms with van der Waals surface area (Å²) in [7, 11) is -3.77. The number of nitrogens with one attached hydrogen (secondary N) is 1. The molecule has 3 heterocycles. The average Bonchev–Trinajstić information content (AvgIpc) is 3.20. The Kier molecular flexibility index (Phi) is 4.51. The molecule has 2 aromatic heterocycles. The van der Waals surface area contributed by atoms with Gasteiger partial charge >= 0.3 is 5.69 Å². The summed E-state index contributed by atoms with van der Waals surface area (Å²) in [6.45, 7) is 0.335. The highest BCUT2D eigenvalue weighted by Crippen LogP contribution is 2.41. The second kappa shape index (κ2) is 7.24. The van der Waals surface area contributed by atoms with Gasteiger partial charge in [-0.1, -0.05) is 30.3 Å². The van der Waals surface area contributed by atoms with Crippen molar-refractivity contribution in [1.29, 1.82) is 0 Å². The van der Waals surface area contributed by atoms with E-state index in [-0.39, 0.29) is 17.1 Å². The van der Waals surface area contributed by atoms with Crippen molar-refractivity contribution in [2.75, 3.05) is 17.4 Å². The number of fused-ring (bicyclic) bond motifs is 1. The number of benzene rings is 2. The molecule has 0 spiro atoms. The molecular weight excluding hydrogens is 418 g/mol. The van der Waals surface area contributed by atoms with E-state index in [2.05, 4.69) is 10.4 Å². The summed E-state index contributed by atoms with van der Waals surface area (Å²) in [6, 6.07) is 15.7. The Morgan fingerprint density at radius 1 is 1.03 bits per heavy atom. The van der Waals surface area contributed by atoms with E-state index in [1.807, 2.05) is 12.1 Å². The van der Waals surface area contributed by atoms with Crippen LogP contribution in [0.2, 0.25) is 0 Å². The Balaban J connectivity index is 1.24. The summed E-state index contributed by atoms with van der Waals surface area (Å²) < 4.78 is 29.8. The van der Waals surface area contributed by atoms with Gasteiger partial charge < -0.3 is 5.32 Å². The predicted octanol–water partition coefficient (Wildman–Crippen LogP) is 1.36. The molecule has 9 nitrogen and oxygen atoms in total. The number of hydrogen-bond donors (Lipinski definition) is 1. The number of rotatable bonds is 6. The van der Waals surface area contributed by atoms with Crippen LogP contribution in [-0.4, -0.2) is 41.6 Å². The van der Waals surface area contributed by atoms with Crippen LogP contribution in [0.25, 0.3) is 16.4 Å². The van der Waals surface area contributed by atoms with Crippen LogP contribution in [0, 0.1) is 0 Å². The van der Waals surface area contributed by atoms with Crippen LogP contribution in [0.1, 0.15) is 6.42 Å². The predicted molar refractivity (Wildman–Crippen MR) is 116 cm³/mol. The highest BCUT2D eigenvalue weighted by molar-refractivity contribution is 7.93. The van der Waals surface area contributed by atoms with Crippen molar-refractivity contribution in [3.63, 3.8) is 0 Å². The molecule has 4 aromatic rings. The normalized spacial score (nSPS) is 14.4. The Morgan fingerprint density at radius 2 is 1.84 bits per heavy atom. The molecule has 0 fully saturated rings. The third-order valence-corrected chi connectivity index (χ3v) is 7.13. The maximum absolute atomic E-state index is 12.9. The maximum Gasteiger partial charge on any atom is 0.350 e. The summed E-state index contributed by atoms with van der Waals surface area (Å²) in [6.07, 6.45) is 2.13. The van der Waals surface area contributed by atoms with Gasteiger partial charge in [0.1, 0.15) is 6.54 Å². The number of aryl methyl sites for hydroxylation is 1. The van der Waals surface area contributed by atoms with Crippen molar-refractivity contribution in [2.45, 2.75) is 17.9 Å². The Morgan fingerprint density at radius 3 is 2.65 bits per heavy atom. The molecule has 0 unspecified atom stereocenters. The third kappa shape index (κ3) is 3.15. The van der Waals surface area contributed by atoms with Crippen molar-refractivity contribution in [3.05, 3.63) is 71.3 Å². The topological polar surface area (TPSA) is 106 Å². The largest absolute Gasteiger partial charge is 0.354 e. The molecule has 1 aliphatic rings. The van der Waals surface area contributed by atoms with E-state index in [0.717, 1.165) is 9.69 Å². The molecule has 0 saturated heterocycles. The molecule has 31 heavy (non-hydrogen) atoms. The van der Waals surface area contributed by atoms with E-state index in [9.17, 15) is 18.0 Å². The fraction of sp³-hybridized carbons (Fsp3) is 0.190. The lowest BCUT2D eigenvalue weighted by molar-refractivity contribution is -0.119. The van der Waals surface area contributed by atoms with Crippen molar-refractivity contribution >= 4 is 38.0 Å². The molecule has 5 rings (SSSR count). The van der Waals surface area contributed by atoms with Gasteiger partial charge in [-0.25, -0.2) is 17.9 Å². The maximum atomic E-state index is 12.9. The van der Waals surface area contributed by atoms with Gasteiger partial charge in [-0.2, -0.15) is 0 Å². The van der Waals surface area contributed by atoms with Crippen LogP contribution < -0.4 is 15.3 Å². The van der Waals surface area contributed by atoms with Gasteiger partial charge in [-0.15, -0.1) is 5.10 Å². The Labute approximate surface area is 177 Å². The monoisotopic (exact) mass is 437 g/mol. The number of carbonyl (C=O) groups is 1. The minimum atomic E-state index is -3.77. The Hall–Kier alpha value is -3.66. The summed E-state index contributed by atoms with van der Waals surface area (Å²) in [5, 5.41) is 8.44. The zero-order valence-corrected chi connectivity index (χ0v) is 17.2. The molecule has 10 heteroatoms. The van der Waals surface area contributed by atoms with Crippen LogP contribution in [0.15, 0.2) is 70.5 Å². The van der Waals surface area contributed by atoms with Gasteiger partial charge in [-0.05, 0) is 36.1 Å². The number of carbonyl (C=O) groups excluding carboxylic acids is 1. The summed E-state index contributed by atoms with van der Waals surface area (Å²) in [5.41, 5.74) is 0.833. The third-order valence-electron chi connectivity index (χ3n) is 5.33. The summed E-state index contributed by atoms with van der Waals surface area (Å²) in [5.74, 6) is -0.407. The second-order valence-corrected chi connectivity index (χ2v) is 9.11. The highest BCUT2D eigenvalue weighted by atomic mass is 32.2. The van der Waals surface area contributed by atoms with Crippen molar-refractivity contribution in [3.8, 4) is 0 Å². The lowest BCUT2D eigenvalue weighted by Crippen LogP contribution is -2.39.